The third-order valence-corrected chi connectivity index (χ3v) is 6.87. The second kappa shape index (κ2) is 8.77. The summed E-state index contributed by atoms with van der Waals surface area (Å²) in [7, 11) is 2.21. The van der Waals surface area contributed by atoms with Crippen LogP contribution in [0, 0.1) is 5.92 Å². The van der Waals surface area contributed by atoms with Gasteiger partial charge in [0.25, 0.3) is 0 Å². The Morgan fingerprint density at radius 2 is 1.57 bits per heavy atom. The van der Waals surface area contributed by atoms with Gasteiger partial charge in [0.1, 0.15) is 0 Å². The molecule has 2 aromatic carbocycles. The number of hydrogen-bond acceptors (Lipinski definition) is 3. The van der Waals surface area contributed by atoms with Crippen molar-refractivity contribution in [1.29, 1.82) is 0 Å². The Kier molecular flexibility index (Phi) is 6.15. The van der Waals surface area contributed by atoms with Crippen LogP contribution in [0.5, 0.6) is 0 Å². The van der Waals surface area contributed by atoms with Crippen LogP contribution >= 0.6 is 0 Å². The fraction of sp³-hybridized carbons (Fsp3) is 0.520. The summed E-state index contributed by atoms with van der Waals surface area (Å²) in [5, 5.41) is 12.0. The van der Waals surface area contributed by atoms with Crippen LogP contribution in [-0.2, 0) is 6.42 Å². The van der Waals surface area contributed by atoms with Crippen molar-refractivity contribution in [3.8, 4) is 0 Å². The van der Waals surface area contributed by atoms with Gasteiger partial charge in [-0.3, -0.25) is 4.90 Å². The van der Waals surface area contributed by atoms with Crippen LogP contribution in [0.3, 0.4) is 0 Å². The maximum absolute atomic E-state index is 12.0. The fourth-order valence-electron chi connectivity index (χ4n) is 5.32. The van der Waals surface area contributed by atoms with Gasteiger partial charge >= 0.3 is 0 Å². The van der Waals surface area contributed by atoms with E-state index in [4.69, 9.17) is 0 Å². The van der Waals surface area contributed by atoms with E-state index in [2.05, 4.69) is 77.5 Å². The smallest absolute Gasteiger partial charge is 0.0734 e. The molecule has 1 heterocycles. The lowest BCUT2D eigenvalue weighted by Crippen LogP contribution is -2.53. The molecule has 0 aromatic heterocycles. The number of likely N-dealkylation sites (N-methyl/N-ethyl adjacent to an activating group) is 1. The topological polar surface area (TPSA) is 26.7 Å². The summed E-state index contributed by atoms with van der Waals surface area (Å²) in [6, 6.07) is 21.8. The third kappa shape index (κ3) is 4.32. The van der Waals surface area contributed by atoms with Gasteiger partial charge in [0, 0.05) is 44.6 Å². The van der Waals surface area contributed by atoms with Crippen LogP contribution in [0.4, 0.5) is 0 Å². The molecule has 3 atom stereocenters. The van der Waals surface area contributed by atoms with Gasteiger partial charge in [-0.15, -0.1) is 0 Å². The minimum Gasteiger partial charge on any atom is -0.389 e. The predicted molar refractivity (Wildman–Crippen MR) is 115 cm³/mol. The van der Waals surface area contributed by atoms with Crippen molar-refractivity contribution in [1.82, 2.24) is 9.80 Å². The summed E-state index contributed by atoms with van der Waals surface area (Å²) in [6.45, 7) is 4.36. The number of aliphatic hydroxyl groups is 1. The molecule has 3 heteroatoms. The molecular weight excluding hydrogens is 344 g/mol. The van der Waals surface area contributed by atoms with E-state index in [1.165, 1.54) is 17.5 Å². The first-order chi connectivity index (χ1) is 13.7. The molecule has 2 aliphatic rings. The molecule has 28 heavy (non-hydrogen) atoms. The summed E-state index contributed by atoms with van der Waals surface area (Å²) in [6.07, 6.45) is 5.12. The minimum absolute atomic E-state index is 0.271. The first-order valence-corrected chi connectivity index (χ1v) is 10.9. The summed E-state index contributed by atoms with van der Waals surface area (Å²) < 4.78 is 0. The standard InChI is InChI=1S/C25H34N2O/c1-26-16-18-27(19-17-26)24(22-12-6-3-7-13-22)23-14-8-9-15-25(23,28)20-21-10-4-2-5-11-21/h2-7,10-13,23-24,28H,8-9,14-20H2,1H3. The molecule has 0 amide bonds. The lowest BCUT2D eigenvalue weighted by Gasteiger charge is -2.49. The van der Waals surface area contributed by atoms with E-state index in [1.54, 1.807) is 0 Å². The zero-order valence-corrected chi connectivity index (χ0v) is 17.1. The SMILES string of the molecule is CN1CCN(C(c2ccccc2)C2CCCCC2(O)Cc2ccccc2)CC1. The van der Waals surface area contributed by atoms with E-state index in [9.17, 15) is 5.11 Å². The molecule has 0 spiro atoms. The Bertz CT molecular complexity index is 727. The Morgan fingerprint density at radius 3 is 2.25 bits per heavy atom. The predicted octanol–water partition coefficient (Wildman–Crippen LogP) is 4.14. The van der Waals surface area contributed by atoms with Gasteiger partial charge in [-0.25, -0.2) is 0 Å². The van der Waals surface area contributed by atoms with E-state index in [-0.39, 0.29) is 5.92 Å². The average Bonchev–Trinajstić information content (AvgIpc) is 2.72. The van der Waals surface area contributed by atoms with E-state index in [0.29, 0.717) is 6.04 Å². The molecule has 1 aliphatic carbocycles. The first-order valence-electron chi connectivity index (χ1n) is 10.9. The number of benzene rings is 2. The van der Waals surface area contributed by atoms with E-state index >= 15 is 0 Å². The highest BCUT2D eigenvalue weighted by molar-refractivity contribution is 5.24. The van der Waals surface area contributed by atoms with Gasteiger partial charge in [-0.05, 0) is 31.0 Å². The van der Waals surface area contributed by atoms with Crippen molar-refractivity contribution >= 4 is 0 Å². The van der Waals surface area contributed by atoms with Gasteiger partial charge in [0.2, 0.25) is 0 Å². The minimum atomic E-state index is -0.635. The molecular formula is C25H34N2O. The molecule has 150 valence electrons. The van der Waals surface area contributed by atoms with Gasteiger partial charge in [-0.2, -0.15) is 0 Å². The molecule has 1 saturated carbocycles. The van der Waals surface area contributed by atoms with Crippen molar-refractivity contribution in [2.75, 3.05) is 33.2 Å². The van der Waals surface area contributed by atoms with Crippen LogP contribution in [-0.4, -0.2) is 53.7 Å². The van der Waals surface area contributed by atoms with E-state index in [1.807, 2.05) is 0 Å². The van der Waals surface area contributed by atoms with E-state index in [0.717, 1.165) is 51.9 Å². The van der Waals surface area contributed by atoms with Crippen LogP contribution in [0.1, 0.15) is 42.9 Å². The zero-order valence-electron chi connectivity index (χ0n) is 17.1. The van der Waals surface area contributed by atoms with Crippen LogP contribution in [0.25, 0.3) is 0 Å². The van der Waals surface area contributed by atoms with Gasteiger partial charge in [-0.1, -0.05) is 73.5 Å². The maximum atomic E-state index is 12.0. The molecule has 1 N–H and O–H groups in total. The van der Waals surface area contributed by atoms with Gasteiger partial charge < -0.3 is 10.0 Å². The van der Waals surface area contributed by atoms with Gasteiger partial charge in [0.05, 0.1) is 5.60 Å². The highest BCUT2D eigenvalue weighted by atomic mass is 16.3. The summed E-state index contributed by atoms with van der Waals surface area (Å²) >= 11 is 0. The highest BCUT2D eigenvalue weighted by Crippen LogP contribution is 2.46. The molecule has 1 saturated heterocycles. The summed E-state index contributed by atoms with van der Waals surface area (Å²) in [5.41, 5.74) is 1.98. The Hall–Kier alpha value is -1.68. The maximum Gasteiger partial charge on any atom is 0.0734 e. The highest BCUT2D eigenvalue weighted by Gasteiger charge is 2.45. The summed E-state index contributed by atoms with van der Waals surface area (Å²) in [5.74, 6) is 0.271. The normalized spacial score (nSPS) is 28.1. The van der Waals surface area contributed by atoms with Crippen molar-refractivity contribution < 1.29 is 5.11 Å². The number of hydrogen-bond donors (Lipinski definition) is 1. The molecule has 2 aromatic rings. The largest absolute Gasteiger partial charge is 0.389 e. The number of nitrogens with zero attached hydrogens (tertiary/aromatic N) is 2. The van der Waals surface area contributed by atoms with Crippen LogP contribution in [0.2, 0.25) is 0 Å². The fourth-order valence-corrected chi connectivity index (χ4v) is 5.32. The van der Waals surface area contributed by atoms with Crippen molar-refractivity contribution in [3.63, 3.8) is 0 Å². The molecule has 3 nitrogen and oxygen atoms in total. The summed E-state index contributed by atoms with van der Waals surface area (Å²) in [4.78, 5) is 5.05. The molecule has 4 rings (SSSR count). The second-order valence-corrected chi connectivity index (χ2v) is 8.81. The second-order valence-electron chi connectivity index (χ2n) is 8.81. The van der Waals surface area contributed by atoms with Crippen LogP contribution in [0.15, 0.2) is 60.7 Å². The quantitative estimate of drug-likeness (QED) is 0.847. The van der Waals surface area contributed by atoms with E-state index < -0.39 is 5.60 Å². The lowest BCUT2D eigenvalue weighted by atomic mass is 9.67. The monoisotopic (exact) mass is 378 g/mol. The molecule has 0 bridgehead atoms. The molecule has 1 aliphatic heterocycles. The van der Waals surface area contributed by atoms with Crippen molar-refractivity contribution in [3.05, 3.63) is 71.8 Å². The molecule has 0 radical (unpaired) electrons. The Balaban J connectivity index is 1.66. The number of rotatable bonds is 5. The van der Waals surface area contributed by atoms with Gasteiger partial charge in [0.15, 0.2) is 0 Å². The molecule has 3 unspecified atom stereocenters. The van der Waals surface area contributed by atoms with Crippen molar-refractivity contribution in [2.45, 2.75) is 43.7 Å². The Labute approximate surface area is 170 Å². The zero-order chi connectivity index (χ0) is 19.4. The Morgan fingerprint density at radius 1 is 0.929 bits per heavy atom. The number of piperazine rings is 1. The first kappa shape index (κ1) is 19.6. The molecule has 2 fully saturated rings. The average molecular weight is 379 g/mol. The third-order valence-electron chi connectivity index (χ3n) is 6.87. The van der Waals surface area contributed by atoms with Crippen LogP contribution < -0.4 is 0 Å². The van der Waals surface area contributed by atoms with Crippen molar-refractivity contribution in [2.24, 2.45) is 5.92 Å². The lowest BCUT2D eigenvalue weighted by molar-refractivity contribution is -0.0880.